The van der Waals surface area contributed by atoms with Crippen LogP contribution in [0.1, 0.15) is 56.8 Å². The molecular weight excluding hydrogens is 458 g/mol. The lowest BCUT2D eigenvalue weighted by Crippen LogP contribution is -2.31. The number of hydrogen-bond acceptors (Lipinski definition) is 7. The molecule has 2 heterocycles. The number of carbonyl (C=O) groups excluding carboxylic acids is 1. The van der Waals surface area contributed by atoms with E-state index in [2.05, 4.69) is 23.3 Å². The van der Waals surface area contributed by atoms with Crippen molar-refractivity contribution in [1.29, 1.82) is 10.8 Å². The van der Waals surface area contributed by atoms with Gasteiger partial charge in [-0.25, -0.2) is 4.98 Å². The number of hydrogen-bond donors (Lipinski definition) is 2. The van der Waals surface area contributed by atoms with E-state index in [9.17, 15) is 4.79 Å². The van der Waals surface area contributed by atoms with Gasteiger partial charge in [-0.15, -0.1) is 11.3 Å². The van der Waals surface area contributed by atoms with Gasteiger partial charge in [-0.2, -0.15) is 0 Å². The van der Waals surface area contributed by atoms with Gasteiger partial charge in [-0.3, -0.25) is 20.6 Å². The Balaban J connectivity index is 2.10. The van der Waals surface area contributed by atoms with Crippen molar-refractivity contribution < 1.29 is 9.53 Å². The lowest BCUT2D eigenvalue weighted by molar-refractivity contribution is -0.127. The Morgan fingerprint density at radius 1 is 1.43 bits per heavy atom. The topological polar surface area (TPSA) is 102 Å². The molecule has 1 amide bonds. The molecule has 0 saturated carbocycles. The fourth-order valence-corrected chi connectivity index (χ4v) is 4.70. The minimum absolute atomic E-state index is 0.0444. The maximum atomic E-state index is 13.4. The van der Waals surface area contributed by atoms with Crippen molar-refractivity contribution in [3.8, 4) is 0 Å². The first-order valence-electron chi connectivity index (χ1n) is 11.6. The minimum atomic E-state index is -0.314. The summed E-state index contributed by atoms with van der Waals surface area (Å²) < 4.78 is 5.48. The second-order valence-corrected chi connectivity index (χ2v) is 9.34. The van der Waals surface area contributed by atoms with Crippen molar-refractivity contribution in [3.63, 3.8) is 0 Å². The number of nitrogens with zero attached hydrogens (tertiary/aromatic N) is 3. The van der Waals surface area contributed by atoms with Crippen LogP contribution in [0.5, 0.6) is 0 Å². The normalized spacial score (nSPS) is 18.0. The maximum Gasteiger partial charge on any atom is 0.254 e. The first-order valence-corrected chi connectivity index (χ1v) is 12.5. The first-order chi connectivity index (χ1) is 16.7. The van der Waals surface area contributed by atoms with Crippen LogP contribution in [0.3, 0.4) is 0 Å². The van der Waals surface area contributed by atoms with Crippen LogP contribution in [-0.2, 0) is 9.53 Å². The molecule has 0 bridgehead atoms. The second kappa shape index (κ2) is 13.5. The number of aliphatic imine (C=N–C) groups is 1. The second-order valence-electron chi connectivity index (χ2n) is 8.45. The smallest absolute Gasteiger partial charge is 0.254 e. The Hall–Kier alpha value is -3.39. The lowest BCUT2D eigenvalue weighted by atomic mass is 10.0. The molecule has 0 radical (unpaired) electrons. The molecule has 35 heavy (non-hydrogen) atoms. The fourth-order valence-electron chi connectivity index (χ4n) is 3.76. The van der Waals surface area contributed by atoms with Gasteiger partial charge in [0.1, 0.15) is 10.7 Å². The molecule has 1 fully saturated rings. The number of rotatable bonds is 10. The van der Waals surface area contributed by atoms with E-state index in [0.717, 1.165) is 29.1 Å². The minimum Gasteiger partial charge on any atom is -0.423 e. The zero-order valence-electron chi connectivity index (χ0n) is 21.0. The Bertz CT molecular complexity index is 1090. The molecule has 1 aliphatic rings. The SMILES string of the molecule is C=C/C=C\C=C(/C)CC(C)C(=N)OC(=N)/C(=C/C(=C\C)C(=O)N1CCC[C@@H]1c1nc(C)cs1)N=C. The van der Waals surface area contributed by atoms with E-state index < -0.39 is 0 Å². The van der Waals surface area contributed by atoms with Crippen LogP contribution < -0.4 is 0 Å². The fraction of sp³-hybridized carbons (Fsp3) is 0.370. The third kappa shape index (κ3) is 7.82. The molecule has 1 aromatic heterocycles. The molecular formula is C27H35N5O2S. The number of likely N-dealkylation sites (tertiary alicyclic amines) is 1. The quantitative estimate of drug-likeness (QED) is 0.172. The molecule has 2 rings (SSSR count). The molecule has 1 saturated heterocycles. The predicted molar refractivity (Wildman–Crippen MR) is 145 cm³/mol. The summed E-state index contributed by atoms with van der Waals surface area (Å²) in [6.45, 7) is 15.4. The Kier molecular flexibility index (Phi) is 10.7. The molecule has 0 aromatic carbocycles. The lowest BCUT2D eigenvalue weighted by Gasteiger charge is -2.23. The highest BCUT2D eigenvalue weighted by Crippen LogP contribution is 2.35. The van der Waals surface area contributed by atoms with Gasteiger partial charge in [0.25, 0.3) is 5.91 Å². The molecule has 0 aliphatic carbocycles. The summed E-state index contributed by atoms with van der Waals surface area (Å²) in [5.74, 6) is -0.735. The number of amides is 1. The zero-order valence-corrected chi connectivity index (χ0v) is 21.8. The Morgan fingerprint density at radius 3 is 2.77 bits per heavy atom. The number of allylic oxidation sites excluding steroid dienone is 6. The predicted octanol–water partition coefficient (Wildman–Crippen LogP) is 6.33. The molecule has 2 atom stereocenters. The number of ether oxygens (including phenoxy) is 1. The molecule has 0 spiro atoms. The Morgan fingerprint density at radius 2 is 2.17 bits per heavy atom. The van der Waals surface area contributed by atoms with Gasteiger partial charge in [-0.1, -0.05) is 49.5 Å². The zero-order chi connectivity index (χ0) is 26.0. The third-order valence-electron chi connectivity index (χ3n) is 5.60. The van der Waals surface area contributed by atoms with Crippen LogP contribution >= 0.6 is 11.3 Å². The average Bonchev–Trinajstić information content (AvgIpc) is 3.48. The van der Waals surface area contributed by atoms with Crippen molar-refractivity contribution in [2.75, 3.05) is 6.54 Å². The molecule has 8 heteroatoms. The van der Waals surface area contributed by atoms with Crippen molar-refractivity contribution in [1.82, 2.24) is 9.88 Å². The molecule has 1 aromatic rings. The van der Waals surface area contributed by atoms with Crippen LogP contribution in [-0.4, -0.2) is 40.8 Å². The maximum absolute atomic E-state index is 13.4. The van der Waals surface area contributed by atoms with Crippen LogP contribution in [0.2, 0.25) is 0 Å². The van der Waals surface area contributed by atoms with Crippen molar-refractivity contribution in [2.24, 2.45) is 10.9 Å². The van der Waals surface area contributed by atoms with Gasteiger partial charge >= 0.3 is 0 Å². The highest BCUT2D eigenvalue weighted by Gasteiger charge is 2.33. The molecule has 2 N–H and O–H groups in total. The largest absolute Gasteiger partial charge is 0.423 e. The average molecular weight is 494 g/mol. The van der Waals surface area contributed by atoms with Crippen LogP contribution in [0.25, 0.3) is 0 Å². The van der Waals surface area contributed by atoms with E-state index in [4.69, 9.17) is 15.6 Å². The van der Waals surface area contributed by atoms with Gasteiger partial charge in [0.05, 0.1) is 6.04 Å². The highest BCUT2D eigenvalue weighted by atomic mass is 32.1. The number of aryl methyl sites for hydroxylation is 1. The number of thiazole rings is 1. The summed E-state index contributed by atoms with van der Waals surface area (Å²) in [5.41, 5.74) is 2.53. The standard InChI is InChI=1S/C27H35N5O2S/c1-7-9-10-12-18(3)15-19(4)24(28)34-25(29)22(30-6)16-21(8-2)27(33)32-14-11-13-23(32)26-31-20(5)17-35-26/h7-10,12,16-17,19,23,28-29H,1,6,11,13-15H2,2-5H3/b10-9-,18-12+,21-8+,22-16-,28-24?,29-25?/t19?,23-/m1/s1. The number of carbonyl (C=O) groups is 1. The summed E-state index contributed by atoms with van der Waals surface area (Å²) in [7, 11) is 0. The number of aromatic nitrogens is 1. The van der Waals surface area contributed by atoms with Crippen molar-refractivity contribution in [2.45, 2.75) is 53.0 Å². The van der Waals surface area contributed by atoms with Crippen LogP contribution in [0, 0.1) is 23.7 Å². The third-order valence-corrected chi connectivity index (χ3v) is 6.67. The monoisotopic (exact) mass is 493 g/mol. The van der Waals surface area contributed by atoms with Crippen LogP contribution in [0.15, 0.2) is 70.3 Å². The summed E-state index contributed by atoms with van der Waals surface area (Å²) in [5, 5.41) is 19.5. The van der Waals surface area contributed by atoms with Gasteiger partial charge < -0.3 is 9.64 Å². The Labute approximate surface area is 212 Å². The summed E-state index contributed by atoms with van der Waals surface area (Å²) in [6.07, 6.45) is 13.0. The van der Waals surface area contributed by atoms with E-state index in [-0.39, 0.29) is 35.4 Å². The molecule has 1 aliphatic heterocycles. The molecule has 186 valence electrons. The van der Waals surface area contributed by atoms with E-state index in [0.29, 0.717) is 18.5 Å². The summed E-state index contributed by atoms with van der Waals surface area (Å²) in [4.78, 5) is 23.7. The van der Waals surface area contributed by atoms with Gasteiger partial charge in [0, 0.05) is 29.1 Å². The highest BCUT2D eigenvalue weighted by molar-refractivity contribution is 7.09. The van der Waals surface area contributed by atoms with Gasteiger partial charge in [0.2, 0.25) is 5.90 Å². The van der Waals surface area contributed by atoms with Crippen molar-refractivity contribution in [3.05, 3.63) is 76.0 Å². The first kappa shape index (κ1) is 27.9. The summed E-state index contributed by atoms with van der Waals surface area (Å²) >= 11 is 1.57. The summed E-state index contributed by atoms with van der Waals surface area (Å²) in [6, 6.07) is -0.0490. The van der Waals surface area contributed by atoms with Gasteiger partial charge in [-0.05, 0) is 52.8 Å². The van der Waals surface area contributed by atoms with E-state index in [1.54, 1.807) is 30.4 Å². The number of nitrogens with one attached hydrogen (secondary N) is 2. The van der Waals surface area contributed by atoms with Crippen LogP contribution in [0.4, 0.5) is 0 Å². The van der Waals surface area contributed by atoms with E-state index in [1.165, 1.54) is 6.08 Å². The molecule has 1 unspecified atom stereocenters. The van der Waals surface area contributed by atoms with E-state index >= 15 is 0 Å². The molecule has 7 nitrogen and oxygen atoms in total. The van der Waals surface area contributed by atoms with Gasteiger partial charge in [0.15, 0.2) is 5.90 Å². The van der Waals surface area contributed by atoms with Crippen molar-refractivity contribution >= 4 is 35.8 Å². The van der Waals surface area contributed by atoms with E-state index in [1.807, 2.05) is 49.3 Å².